The first-order valence-corrected chi connectivity index (χ1v) is 9.70. The number of para-hydroxylation sites is 1. The van der Waals surface area contributed by atoms with Crippen molar-refractivity contribution in [2.45, 2.75) is 13.3 Å². The normalized spacial score (nSPS) is 10.4. The number of hydrogen-bond acceptors (Lipinski definition) is 4. The summed E-state index contributed by atoms with van der Waals surface area (Å²) in [5, 5.41) is 8.39. The van der Waals surface area contributed by atoms with Crippen LogP contribution in [-0.4, -0.2) is 23.3 Å². The molecule has 2 aromatic carbocycles. The molecule has 5 nitrogen and oxygen atoms in total. The summed E-state index contributed by atoms with van der Waals surface area (Å²) in [6, 6.07) is 14.9. The molecule has 0 aliphatic rings. The van der Waals surface area contributed by atoms with Crippen LogP contribution in [0.5, 0.6) is 0 Å². The zero-order chi connectivity index (χ0) is 19.2. The number of nitrogens with zero attached hydrogens (tertiary/aromatic N) is 1. The van der Waals surface area contributed by atoms with Gasteiger partial charge in [0, 0.05) is 21.7 Å². The molecule has 0 saturated carbocycles. The Morgan fingerprint density at radius 2 is 1.96 bits per heavy atom. The fourth-order valence-electron chi connectivity index (χ4n) is 2.53. The van der Waals surface area contributed by atoms with Crippen LogP contribution in [0.4, 0.5) is 5.69 Å². The molecule has 3 rings (SSSR count). The Morgan fingerprint density at radius 3 is 2.74 bits per heavy atom. The molecule has 0 unspecified atom stereocenters. The van der Waals surface area contributed by atoms with Crippen molar-refractivity contribution in [3.8, 4) is 10.6 Å². The predicted octanol–water partition coefficient (Wildman–Crippen LogP) is 4.39. The van der Waals surface area contributed by atoms with E-state index in [0.29, 0.717) is 10.0 Å². The number of anilines is 1. The molecule has 0 radical (unpaired) electrons. The predicted molar refractivity (Wildman–Crippen MR) is 109 cm³/mol. The van der Waals surface area contributed by atoms with Gasteiger partial charge in [-0.1, -0.05) is 48.9 Å². The Kier molecular flexibility index (Phi) is 6.21. The Hall–Kier alpha value is -2.70. The number of benzene rings is 2. The van der Waals surface area contributed by atoms with Crippen molar-refractivity contribution >= 4 is 40.4 Å². The SMILES string of the molecule is CCc1ccccc1NC(=O)CNC(=O)c1csc(-c2cccc(Cl)c2)n1. The Bertz CT molecular complexity index is 971. The summed E-state index contributed by atoms with van der Waals surface area (Å²) in [5.41, 5.74) is 2.93. The van der Waals surface area contributed by atoms with Crippen LogP contribution < -0.4 is 10.6 Å². The third-order valence-corrected chi connectivity index (χ3v) is 5.02. The fourth-order valence-corrected chi connectivity index (χ4v) is 3.52. The number of aromatic nitrogens is 1. The van der Waals surface area contributed by atoms with Crippen LogP contribution in [0.15, 0.2) is 53.9 Å². The van der Waals surface area contributed by atoms with E-state index in [-0.39, 0.29) is 18.1 Å². The fraction of sp³-hybridized carbons (Fsp3) is 0.150. The molecule has 0 spiro atoms. The molecule has 0 aliphatic carbocycles. The van der Waals surface area contributed by atoms with Gasteiger partial charge in [0.25, 0.3) is 5.91 Å². The smallest absolute Gasteiger partial charge is 0.271 e. The summed E-state index contributed by atoms with van der Waals surface area (Å²) in [4.78, 5) is 28.7. The maximum absolute atomic E-state index is 12.3. The highest BCUT2D eigenvalue weighted by molar-refractivity contribution is 7.13. The van der Waals surface area contributed by atoms with E-state index in [1.54, 1.807) is 17.5 Å². The molecular formula is C20H18ClN3O2S. The number of aryl methyl sites for hydroxylation is 1. The molecule has 27 heavy (non-hydrogen) atoms. The summed E-state index contributed by atoms with van der Waals surface area (Å²) in [7, 11) is 0. The van der Waals surface area contributed by atoms with Crippen molar-refractivity contribution in [1.82, 2.24) is 10.3 Å². The highest BCUT2D eigenvalue weighted by atomic mass is 35.5. The van der Waals surface area contributed by atoms with E-state index in [4.69, 9.17) is 11.6 Å². The third-order valence-electron chi connectivity index (χ3n) is 3.89. The number of amides is 2. The number of carbonyl (C=O) groups is 2. The van der Waals surface area contributed by atoms with Crippen LogP contribution in [0, 0.1) is 0 Å². The lowest BCUT2D eigenvalue weighted by molar-refractivity contribution is -0.115. The largest absolute Gasteiger partial charge is 0.342 e. The summed E-state index contributed by atoms with van der Waals surface area (Å²) in [6.07, 6.45) is 0.813. The molecule has 0 fully saturated rings. The van der Waals surface area contributed by atoms with Crippen molar-refractivity contribution in [3.63, 3.8) is 0 Å². The van der Waals surface area contributed by atoms with E-state index in [2.05, 4.69) is 15.6 Å². The molecule has 7 heteroatoms. The Balaban J connectivity index is 1.59. The van der Waals surface area contributed by atoms with E-state index in [1.165, 1.54) is 11.3 Å². The van der Waals surface area contributed by atoms with Crippen LogP contribution in [0.3, 0.4) is 0 Å². The van der Waals surface area contributed by atoms with Crippen LogP contribution in [0.2, 0.25) is 5.02 Å². The molecule has 0 aliphatic heterocycles. The average Bonchev–Trinajstić information content (AvgIpc) is 3.17. The second kappa shape index (κ2) is 8.79. The van der Waals surface area contributed by atoms with Gasteiger partial charge >= 0.3 is 0 Å². The van der Waals surface area contributed by atoms with Gasteiger partial charge in [-0.05, 0) is 30.2 Å². The number of carbonyl (C=O) groups excluding carboxylic acids is 2. The van der Waals surface area contributed by atoms with E-state index in [1.807, 2.05) is 43.3 Å². The Labute approximate surface area is 166 Å². The van der Waals surface area contributed by atoms with Crippen molar-refractivity contribution in [3.05, 3.63) is 70.2 Å². The minimum absolute atomic E-state index is 0.124. The summed E-state index contributed by atoms with van der Waals surface area (Å²) >= 11 is 7.34. The van der Waals surface area contributed by atoms with E-state index >= 15 is 0 Å². The van der Waals surface area contributed by atoms with Crippen LogP contribution in [-0.2, 0) is 11.2 Å². The number of rotatable bonds is 6. The van der Waals surface area contributed by atoms with Gasteiger partial charge in [0.2, 0.25) is 5.91 Å². The molecule has 138 valence electrons. The lowest BCUT2D eigenvalue weighted by Gasteiger charge is -2.09. The van der Waals surface area contributed by atoms with Gasteiger partial charge in [-0.3, -0.25) is 9.59 Å². The van der Waals surface area contributed by atoms with Gasteiger partial charge in [0.1, 0.15) is 10.7 Å². The first-order chi connectivity index (χ1) is 13.1. The average molecular weight is 400 g/mol. The minimum Gasteiger partial charge on any atom is -0.342 e. The zero-order valence-electron chi connectivity index (χ0n) is 14.7. The van der Waals surface area contributed by atoms with Crippen LogP contribution in [0.1, 0.15) is 23.0 Å². The van der Waals surface area contributed by atoms with Crippen molar-refractivity contribution < 1.29 is 9.59 Å². The number of halogens is 1. The highest BCUT2D eigenvalue weighted by Gasteiger charge is 2.14. The first kappa shape index (κ1) is 19.1. The van der Waals surface area contributed by atoms with Gasteiger partial charge in [-0.25, -0.2) is 4.98 Å². The molecule has 3 aromatic rings. The van der Waals surface area contributed by atoms with Gasteiger partial charge in [-0.15, -0.1) is 11.3 Å². The van der Waals surface area contributed by atoms with Gasteiger partial charge < -0.3 is 10.6 Å². The summed E-state index contributed by atoms with van der Waals surface area (Å²) in [6.45, 7) is 1.90. The molecule has 2 N–H and O–H groups in total. The van der Waals surface area contributed by atoms with Gasteiger partial charge in [0.05, 0.1) is 6.54 Å². The van der Waals surface area contributed by atoms with E-state index in [9.17, 15) is 9.59 Å². The van der Waals surface area contributed by atoms with Gasteiger partial charge in [0.15, 0.2) is 0 Å². The molecule has 0 saturated heterocycles. The van der Waals surface area contributed by atoms with E-state index < -0.39 is 5.91 Å². The van der Waals surface area contributed by atoms with Crippen molar-refractivity contribution in [1.29, 1.82) is 0 Å². The van der Waals surface area contributed by atoms with Crippen LogP contribution in [0.25, 0.3) is 10.6 Å². The highest BCUT2D eigenvalue weighted by Crippen LogP contribution is 2.26. The summed E-state index contributed by atoms with van der Waals surface area (Å²) < 4.78 is 0. The van der Waals surface area contributed by atoms with E-state index in [0.717, 1.165) is 23.2 Å². The van der Waals surface area contributed by atoms with Crippen molar-refractivity contribution in [2.24, 2.45) is 0 Å². The number of hydrogen-bond donors (Lipinski definition) is 2. The molecule has 0 atom stereocenters. The topological polar surface area (TPSA) is 71.1 Å². The second-order valence-corrected chi connectivity index (χ2v) is 7.08. The lowest BCUT2D eigenvalue weighted by atomic mass is 10.1. The second-order valence-electron chi connectivity index (χ2n) is 5.79. The number of nitrogens with one attached hydrogen (secondary N) is 2. The molecule has 1 aromatic heterocycles. The Morgan fingerprint density at radius 1 is 1.15 bits per heavy atom. The minimum atomic E-state index is -0.390. The monoisotopic (exact) mass is 399 g/mol. The third kappa shape index (κ3) is 4.93. The zero-order valence-corrected chi connectivity index (χ0v) is 16.2. The quantitative estimate of drug-likeness (QED) is 0.645. The maximum Gasteiger partial charge on any atom is 0.271 e. The molecule has 2 amide bonds. The summed E-state index contributed by atoms with van der Waals surface area (Å²) in [5.74, 6) is -0.673. The molecular weight excluding hydrogens is 382 g/mol. The standard InChI is InChI=1S/C20H18ClN3O2S/c1-2-13-6-3-4-9-16(13)23-18(25)11-22-19(26)17-12-27-20(24-17)14-7-5-8-15(21)10-14/h3-10,12H,2,11H2,1H3,(H,22,26)(H,23,25). The maximum atomic E-state index is 12.3. The lowest BCUT2D eigenvalue weighted by Crippen LogP contribution is -2.33. The number of thiazole rings is 1. The van der Waals surface area contributed by atoms with Gasteiger partial charge in [-0.2, -0.15) is 0 Å². The molecule has 1 heterocycles. The first-order valence-electron chi connectivity index (χ1n) is 8.44. The molecule has 0 bridgehead atoms. The van der Waals surface area contributed by atoms with Crippen LogP contribution >= 0.6 is 22.9 Å². The van der Waals surface area contributed by atoms with Crippen molar-refractivity contribution in [2.75, 3.05) is 11.9 Å².